The van der Waals surface area contributed by atoms with Gasteiger partial charge in [0.05, 0.1) is 11.6 Å². The van der Waals surface area contributed by atoms with E-state index in [2.05, 4.69) is 10.9 Å². The van der Waals surface area contributed by atoms with Crippen molar-refractivity contribution in [1.82, 2.24) is 10.9 Å². The van der Waals surface area contributed by atoms with E-state index in [0.717, 1.165) is 5.69 Å². The third-order valence-corrected chi connectivity index (χ3v) is 3.59. The van der Waals surface area contributed by atoms with Crippen molar-refractivity contribution >= 4 is 17.5 Å². The second kappa shape index (κ2) is 8.53. The summed E-state index contributed by atoms with van der Waals surface area (Å²) in [4.78, 5) is 26.1. The highest BCUT2D eigenvalue weighted by Crippen LogP contribution is 2.14. The Morgan fingerprint density at radius 2 is 1.81 bits per heavy atom. The normalized spacial score (nSPS) is 11.0. The Hall–Kier alpha value is -3.53. The smallest absolute Gasteiger partial charge is 0.279 e. The predicted molar refractivity (Wildman–Crippen MR) is 97.6 cm³/mol. The number of anilines is 1. The van der Waals surface area contributed by atoms with E-state index >= 15 is 0 Å². The largest absolute Gasteiger partial charge is 0.481 e. The van der Waals surface area contributed by atoms with Crippen LogP contribution in [0.15, 0.2) is 48.5 Å². The van der Waals surface area contributed by atoms with Crippen LogP contribution in [-0.2, 0) is 4.79 Å². The number of benzene rings is 2. The predicted octanol–water partition coefficient (Wildman–Crippen LogP) is 1.85. The SMILES string of the molecule is CC(Oc1ccc(C#N)cc1)C(=O)NNC(=O)c1cccc(N(C)C)c1. The Morgan fingerprint density at radius 3 is 2.42 bits per heavy atom. The van der Waals surface area contributed by atoms with Gasteiger partial charge in [-0.2, -0.15) is 5.26 Å². The maximum atomic E-state index is 12.2. The molecule has 0 aliphatic rings. The zero-order valence-electron chi connectivity index (χ0n) is 14.8. The molecule has 0 aliphatic carbocycles. The summed E-state index contributed by atoms with van der Waals surface area (Å²) in [6, 6.07) is 15.4. The molecule has 2 rings (SSSR count). The summed E-state index contributed by atoms with van der Waals surface area (Å²) < 4.78 is 5.48. The highest BCUT2D eigenvalue weighted by Gasteiger charge is 2.16. The topological polar surface area (TPSA) is 94.5 Å². The van der Waals surface area contributed by atoms with E-state index in [1.165, 1.54) is 0 Å². The van der Waals surface area contributed by atoms with Gasteiger partial charge in [-0.15, -0.1) is 0 Å². The maximum Gasteiger partial charge on any atom is 0.279 e. The summed E-state index contributed by atoms with van der Waals surface area (Å²) >= 11 is 0. The van der Waals surface area contributed by atoms with Crippen LogP contribution in [0.2, 0.25) is 0 Å². The Morgan fingerprint density at radius 1 is 1.12 bits per heavy atom. The molecule has 1 unspecified atom stereocenters. The summed E-state index contributed by atoms with van der Waals surface area (Å²) in [5, 5.41) is 8.76. The summed E-state index contributed by atoms with van der Waals surface area (Å²) in [6.07, 6.45) is -0.823. The van der Waals surface area contributed by atoms with Crippen LogP contribution >= 0.6 is 0 Å². The number of hydrogen-bond acceptors (Lipinski definition) is 5. The van der Waals surface area contributed by atoms with Gasteiger partial charge < -0.3 is 9.64 Å². The van der Waals surface area contributed by atoms with Crippen LogP contribution in [0, 0.1) is 11.3 Å². The van der Waals surface area contributed by atoms with E-state index in [0.29, 0.717) is 16.9 Å². The maximum absolute atomic E-state index is 12.2. The number of carbonyl (C=O) groups is 2. The molecule has 0 spiro atoms. The first-order valence-corrected chi connectivity index (χ1v) is 7.95. The van der Waals surface area contributed by atoms with Gasteiger partial charge in [-0.25, -0.2) is 0 Å². The Kier molecular flexibility index (Phi) is 6.17. The number of carbonyl (C=O) groups excluding carboxylic acids is 2. The molecule has 2 N–H and O–H groups in total. The lowest BCUT2D eigenvalue weighted by Crippen LogP contribution is -2.47. The number of nitriles is 1. The molecule has 2 amide bonds. The molecule has 0 heterocycles. The zero-order chi connectivity index (χ0) is 19.1. The number of ether oxygens (including phenoxy) is 1. The number of amides is 2. The molecule has 0 aromatic heterocycles. The third-order valence-electron chi connectivity index (χ3n) is 3.59. The van der Waals surface area contributed by atoms with Crippen molar-refractivity contribution in [1.29, 1.82) is 5.26 Å². The first-order valence-electron chi connectivity index (χ1n) is 7.95. The monoisotopic (exact) mass is 352 g/mol. The molecule has 1 atom stereocenters. The van der Waals surface area contributed by atoms with Crippen LogP contribution in [0.5, 0.6) is 5.75 Å². The molecular weight excluding hydrogens is 332 g/mol. The summed E-state index contributed by atoms with van der Waals surface area (Å²) in [7, 11) is 3.75. The van der Waals surface area contributed by atoms with Crippen molar-refractivity contribution in [2.75, 3.05) is 19.0 Å². The molecule has 2 aromatic rings. The lowest BCUT2D eigenvalue weighted by Gasteiger charge is -2.16. The van der Waals surface area contributed by atoms with Crippen molar-refractivity contribution < 1.29 is 14.3 Å². The van der Waals surface area contributed by atoms with E-state index in [-0.39, 0.29) is 0 Å². The van der Waals surface area contributed by atoms with E-state index in [9.17, 15) is 9.59 Å². The Bertz CT molecular complexity index is 825. The fourth-order valence-corrected chi connectivity index (χ4v) is 2.08. The van der Waals surface area contributed by atoms with Crippen LogP contribution in [0.1, 0.15) is 22.8 Å². The third kappa shape index (κ3) is 4.98. The van der Waals surface area contributed by atoms with E-state index in [1.807, 2.05) is 31.1 Å². The minimum absolute atomic E-state index is 0.423. The zero-order valence-corrected chi connectivity index (χ0v) is 14.8. The van der Waals surface area contributed by atoms with Crippen molar-refractivity contribution in [3.05, 3.63) is 59.7 Å². The second-order valence-corrected chi connectivity index (χ2v) is 5.78. The molecule has 0 fully saturated rings. The first-order chi connectivity index (χ1) is 12.4. The van der Waals surface area contributed by atoms with Gasteiger partial charge in [0.1, 0.15) is 5.75 Å². The van der Waals surface area contributed by atoms with Crippen molar-refractivity contribution in [3.63, 3.8) is 0 Å². The van der Waals surface area contributed by atoms with Gasteiger partial charge in [0.25, 0.3) is 11.8 Å². The van der Waals surface area contributed by atoms with Gasteiger partial charge in [0.2, 0.25) is 0 Å². The quantitative estimate of drug-likeness (QED) is 0.801. The lowest BCUT2D eigenvalue weighted by molar-refractivity contribution is -0.128. The van der Waals surface area contributed by atoms with Crippen LogP contribution in [0.4, 0.5) is 5.69 Å². The number of hydrogen-bond donors (Lipinski definition) is 2. The fourth-order valence-electron chi connectivity index (χ4n) is 2.08. The Balaban J connectivity index is 1.89. The van der Waals surface area contributed by atoms with Gasteiger partial charge in [0, 0.05) is 25.3 Å². The van der Waals surface area contributed by atoms with Gasteiger partial charge in [-0.3, -0.25) is 20.4 Å². The molecule has 0 saturated carbocycles. The number of rotatable bonds is 5. The van der Waals surface area contributed by atoms with Crippen LogP contribution in [0.3, 0.4) is 0 Å². The molecule has 134 valence electrons. The first kappa shape index (κ1) is 18.8. The highest BCUT2D eigenvalue weighted by atomic mass is 16.5. The fraction of sp³-hybridized carbons (Fsp3) is 0.211. The van der Waals surface area contributed by atoms with Gasteiger partial charge in [-0.05, 0) is 49.4 Å². The molecule has 0 radical (unpaired) electrons. The minimum atomic E-state index is -0.823. The molecule has 2 aromatic carbocycles. The van der Waals surface area contributed by atoms with Crippen molar-refractivity contribution in [3.8, 4) is 11.8 Å². The summed E-state index contributed by atoms with van der Waals surface area (Å²) in [5.41, 5.74) is 6.52. The van der Waals surface area contributed by atoms with Gasteiger partial charge in [-0.1, -0.05) is 6.07 Å². The molecule has 26 heavy (non-hydrogen) atoms. The van der Waals surface area contributed by atoms with Crippen molar-refractivity contribution in [2.24, 2.45) is 0 Å². The average molecular weight is 352 g/mol. The summed E-state index contributed by atoms with van der Waals surface area (Å²) in [6.45, 7) is 1.56. The molecule has 0 saturated heterocycles. The van der Waals surface area contributed by atoms with Crippen LogP contribution in [0.25, 0.3) is 0 Å². The number of hydrazine groups is 1. The van der Waals surface area contributed by atoms with E-state index in [4.69, 9.17) is 10.00 Å². The molecule has 0 aliphatic heterocycles. The van der Waals surface area contributed by atoms with E-state index in [1.54, 1.807) is 49.4 Å². The van der Waals surface area contributed by atoms with Crippen LogP contribution < -0.4 is 20.5 Å². The number of nitrogens with zero attached hydrogens (tertiary/aromatic N) is 2. The second-order valence-electron chi connectivity index (χ2n) is 5.78. The molecular formula is C19H20N4O3. The van der Waals surface area contributed by atoms with Gasteiger partial charge in [0.15, 0.2) is 6.10 Å². The average Bonchev–Trinajstić information content (AvgIpc) is 2.66. The standard InChI is InChI=1S/C19H20N4O3/c1-13(26-17-9-7-14(12-20)8-10-17)18(24)21-22-19(25)15-5-4-6-16(11-15)23(2)3/h4-11,13H,1-3H3,(H,21,24)(H,22,25). The lowest BCUT2D eigenvalue weighted by atomic mass is 10.2. The molecule has 7 heteroatoms. The molecule has 0 bridgehead atoms. The Labute approximate surface area is 152 Å². The minimum Gasteiger partial charge on any atom is -0.481 e. The summed E-state index contributed by atoms with van der Waals surface area (Å²) in [5.74, 6) is -0.462. The molecule has 7 nitrogen and oxygen atoms in total. The van der Waals surface area contributed by atoms with E-state index < -0.39 is 17.9 Å². The number of nitrogens with one attached hydrogen (secondary N) is 2. The van der Waals surface area contributed by atoms with Crippen molar-refractivity contribution in [2.45, 2.75) is 13.0 Å². The van der Waals surface area contributed by atoms with Gasteiger partial charge >= 0.3 is 0 Å². The van der Waals surface area contributed by atoms with Crippen LogP contribution in [-0.4, -0.2) is 32.0 Å². The highest BCUT2D eigenvalue weighted by molar-refractivity contribution is 5.96.